The fourth-order valence-corrected chi connectivity index (χ4v) is 3.66. The second-order valence-corrected chi connectivity index (χ2v) is 6.65. The highest BCUT2D eigenvalue weighted by atomic mass is 32.2. The lowest BCUT2D eigenvalue weighted by Crippen LogP contribution is -2.16. The topological polar surface area (TPSA) is 36.3 Å². The minimum Gasteiger partial charge on any atom is -0.381 e. The van der Waals surface area contributed by atoms with Crippen LogP contribution < -0.4 is 0 Å². The van der Waals surface area contributed by atoms with Crippen molar-refractivity contribution in [2.24, 2.45) is 0 Å². The van der Waals surface area contributed by atoms with E-state index in [0.717, 1.165) is 50.1 Å². The van der Waals surface area contributed by atoms with Crippen molar-refractivity contribution in [1.82, 2.24) is 9.55 Å². The molecule has 5 heteroatoms. The first-order chi connectivity index (χ1) is 11.4. The van der Waals surface area contributed by atoms with Crippen molar-refractivity contribution < 1.29 is 9.47 Å². The highest BCUT2D eigenvalue weighted by molar-refractivity contribution is 7.99. The molecule has 2 heterocycles. The summed E-state index contributed by atoms with van der Waals surface area (Å²) in [4.78, 5) is 4.65. The number of ether oxygens (including phenoxy) is 2. The van der Waals surface area contributed by atoms with E-state index in [1.807, 2.05) is 19.2 Å². The number of imidazole rings is 1. The lowest BCUT2D eigenvalue weighted by molar-refractivity contribution is 0.0953. The van der Waals surface area contributed by atoms with Gasteiger partial charge in [-0.05, 0) is 25.3 Å². The third-order valence-electron chi connectivity index (χ3n) is 3.96. The molecule has 23 heavy (non-hydrogen) atoms. The fourth-order valence-electron chi connectivity index (χ4n) is 2.82. The van der Waals surface area contributed by atoms with Gasteiger partial charge in [0.25, 0.3) is 0 Å². The Balaban J connectivity index is 1.79. The minimum absolute atomic E-state index is 0.304. The molecular weight excluding hydrogens is 308 g/mol. The van der Waals surface area contributed by atoms with Crippen molar-refractivity contribution in [3.8, 4) is 11.3 Å². The molecule has 124 valence electrons. The third kappa shape index (κ3) is 4.37. The Bertz CT molecular complexity index is 594. The highest BCUT2D eigenvalue weighted by Gasteiger charge is 2.20. The van der Waals surface area contributed by atoms with Crippen LogP contribution in [0.2, 0.25) is 0 Å². The zero-order chi connectivity index (χ0) is 15.9. The first-order valence-corrected chi connectivity index (χ1v) is 9.30. The monoisotopic (exact) mass is 332 g/mol. The molecule has 4 nitrogen and oxygen atoms in total. The van der Waals surface area contributed by atoms with E-state index in [1.165, 1.54) is 11.3 Å². The fraction of sp³-hybridized carbons (Fsp3) is 0.500. The standard InChI is InChI=1S/C18H24N2O2S/c1-2-21-11-12-23-18-19-13-17(15-7-4-3-5-8-15)20(18)14-16-9-6-10-22-16/h3-5,7-8,13,16H,2,6,9-12,14H2,1H3. The summed E-state index contributed by atoms with van der Waals surface area (Å²) in [5.74, 6) is 0.921. The van der Waals surface area contributed by atoms with Crippen molar-refractivity contribution in [2.75, 3.05) is 25.6 Å². The van der Waals surface area contributed by atoms with E-state index in [4.69, 9.17) is 9.47 Å². The van der Waals surface area contributed by atoms with Crippen molar-refractivity contribution >= 4 is 11.8 Å². The smallest absolute Gasteiger partial charge is 0.168 e. The van der Waals surface area contributed by atoms with Crippen LogP contribution in [0.25, 0.3) is 11.3 Å². The van der Waals surface area contributed by atoms with Crippen LogP contribution in [0.4, 0.5) is 0 Å². The molecule has 0 radical (unpaired) electrons. The van der Waals surface area contributed by atoms with Gasteiger partial charge in [-0.15, -0.1) is 0 Å². The van der Waals surface area contributed by atoms with Crippen LogP contribution in [0.3, 0.4) is 0 Å². The van der Waals surface area contributed by atoms with Crippen LogP contribution in [0, 0.1) is 0 Å². The molecule has 0 aliphatic carbocycles. The summed E-state index contributed by atoms with van der Waals surface area (Å²) in [5, 5.41) is 1.05. The van der Waals surface area contributed by atoms with Crippen molar-refractivity contribution in [1.29, 1.82) is 0 Å². The SMILES string of the molecule is CCOCCSc1ncc(-c2ccccc2)n1CC1CCCO1. The highest BCUT2D eigenvalue weighted by Crippen LogP contribution is 2.28. The second-order valence-electron chi connectivity index (χ2n) is 5.58. The van der Waals surface area contributed by atoms with Crippen molar-refractivity contribution in [2.45, 2.75) is 37.6 Å². The third-order valence-corrected chi connectivity index (χ3v) is 4.92. The molecule has 1 aliphatic rings. The first-order valence-electron chi connectivity index (χ1n) is 8.31. The van der Waals surface area contributed by atoms with Gasteiger partial charge in [0.2, 0.25) is 0 Å². The van der Waals surface area contributed by atoms with Gasteiger partial charge in [0, 0.05) is 19.0 Å². The Kier molecular flexibility index (Phi) is 6.13. The second kappa shape index (κ2) is 8.52. The van der Waals surface area contributed by atoms with Gasteiger partial charge in [-0.1, -0.05) is 42.1 Å². The molecule has 1 aromatic heterocycles. The molecule has 0 spiro atoms. The number of thioether (sulfide) groups is 1. The van der Waals surface area contributed by atoms with E-state index in [2.05, 4.69) is 33.8 Å². The lowest BCUT2D eigenvalue weighted by Gasteiger charge is -2.16. The predicted octanol–water partition coefficient (Wildman–Crippen LogP) is 3.86. The molecule has 1 saturated heterocycles. The number of hydrogen-bond donors (Lipinski definition) is 0. The molecule has 1 aromatic carbocycles. The Morgan fingerprint density at radius 1 is 1.35 bits per heavy atom. The molecule has 1 fully saturated rings. The Labute approximate surface area is 142 Å². The summed E-state index contributed by atoms with van der Waals surface area (Å²) >= 11 is 1.76. The summed E-state index contributed by atoms with van der Waals surface area (Å²) in [6.07, 6.45) is 4.58. The summed E-state index contributed by atoms with van der Waals surface area (Å²) in [6.45, 7) is 5.30. The zero-order valence-electron chi connectivity index (χ0n) is 13.6. The summed E-state index contributed by atoms with van der Waals surface area (Å²) in [5.41, 5.74) is 2.37. The Morgan fingerprint density at radius 2 is 2.22 bits per heavy atom. The van der Waals surface area contributed by atoms with E-state index < -0.39 is 0 Å². The van der Waals surface area contributed by atoms with Crippen LogP contribution in [-0.2, 0) is 16.0 Å². The van der Waals surface area contributed by atoms with E-state index in [0.29, 0.717) is 6.10 Å². The lowest BCUT2D eigenvalue weighted by atomic mass is 10.1. The van der Waals surface area contributed by atoms with Gasteiger partial charge in [-0.25, -0.2) is 4.98 Å². The normalized spacial score (nSPS) is 17.7. The van der Waals surface area contributed by atoms with Gasteiger partial charge in [-0.3, -0.25) is 0 Å². The molecule has 1 unspecified atom stereocenters. The zero-order valence-corrected chi connectivity index (χ0v) is 14.4. The predicted molar refractivity (Wildman–Crippen MR) is 93.9 cm³/mol. The van der Waals surface area contributed by atoms with E-state index >= 15 is 0 Å². The van der Waals surface area contributed by atoms with E-state index in [9.17, 15) is 0 Å². The average Bonchev–Trinajstić information content (AvgIpc) is 3.23. The van der Waals surface area contributed by atoms with Crippen molar-refractivity contribution in [3.05, 3.63) is 36.5 Å². The Hall–Kier alpha value is -1.30. The van der Waals surface area contributed by atoms with E-state index in [-0.39, 0.29) is 0 Å². The van der Waals surface area contributed by atoms with E-state index in [1.54, 1.807) is 11.8 Å². The van der Waals surface area contributed by atoms with Gasteiger partial charge in [0.1, 0.15) is 0 Å². The van der Waals surface area contributed by atoms with Gasteiger partial charge >= 0.3 is 0 Å². The average molecular weight is 332 g/mol. The number of nitrogens with zero attached hydrogens (tertiary/aromatic N) is 2. The molecule has 3 rings (SSSR count). The van der Waals surface area contributed by atoms with Gasteiger partial charge < -0.3 is 14.0 Å². The minimum atomic E-state index is 0.304. The number of hydrogen-bond acceptors (Lipinski definition) is 4. The molecule has 1 aliphatic heterocycles. The van der Waals surface area contributed by atoms with Gasteiger partial charge in [0.15, 0.2) is 5.16 Å². The molecule has 0 amide bonds. The van der Waals surface area contributed by atoms with Crippen LogP contribution >= 0.6 is 11.8 Å². The van der Waals surface area contributed by atoms with Crippen molar-refractivity contribution in [3.63, 3.8) is 0 Å². The van der Waals surface area contributed by atoms with Crippen LogP contribution in [-0.4, -0.2) is 41.2 Å². The van der Waals surface area contributed by atoms with Gasteiger partial charge in [-0.2, -0.15) is 0 Å². The summed E-state index contributed by atoms with van der Waals surface area (Å²) in [7, 11) is 0. The van der Waals surface area contributed by atoms with Gasteiger partial charge in [0.05, 0.1) is 31.1 Å². The maximum Gasteiger partial charge on any atom is 0.168 e. The maximum absolute atomic E-state index is 5.83. The van der Waals surface area contributed by atoms with Crippen LogP contribution in [0.1, 0.15) is 19.8 Å². The molecule has 2 aromatic rings. The quantitative estimate of drug-likeness (QED) is 0.543. The largest absolute Gasteiger partial charge is 0.381 e. The van der Waals surface area contributed by atoms with Crippen LogP contribution in [0.15, 0.2) is 41.7 Å². The van der Waals surface area contributed by atoms with Crippen LogP contribution in [0.5, 0.6) is 0 Å². The Morgan fingerprint density at radius 3 is 2.96 bits per heavy atom. The maximum atomic E-state index is 5.83. The molecule has 0 saturated carbocycles. The summed E-state index contributed by atoms with van der Waals surface area (Å²) in [6, 6.07) is 10.5. The molecular formula is C18H24N2O2S. The molecule has 0 bridgehead atoms. The molecule has 1 atom stereocenters. The first kappa shape index (κ1) is 16.6. The number of benzene rings is 1. The number of aromatic nitrogens is 2. The summed E-state index contributed by atoms with van der Waals surface area (Å²) < 4.78 is 13.6. The number of rotatable bonds is 8. The molecule has 0 N–H and O–H groups in total.